The summed E-state index contributed by atoms with van der Waals surface area (Å²) in [4.78, 5) is 34.1. The van der Waals surface area contributed by atoms with E-state index in [2.05, 4.69) is 0 Å². The van der Waals surface area contributed by atoms with Gasteiger partial charge in [0.05, 0.1) is 25.4 Å². The molecule has 0 radical (unpaired) electrons. The Hall–Kier alpha value is -2.23. The second-order valence-corrected chi connectivity index (χ2v) is 9.10. The molecular formula is C22H28O9. The Balaban J connectivity index is 1.63. The van der Waals surface area contributed by atoms with Crippen LogP contribution in [0.15, 0.2) is 24.3 Å². The average molecular weight is 436 g/mol. The molecule has 2 saturated carbocycles. The number of ether oxygens (including phenoxy) is 4. The fourth-order valence-corrected chi connectivity index (χ4v) is 6.23. The molecule has 4 aliphatic rings. The minimum atomic E-state index is -1.11. The molecule has 0 aromatic heterocycles. The van der Waals surface area contributed by atoms with Crippen LogP contribution in [0.3, 0.4) is 0 Å². The van der Waals surface area contributed by atoms with Gasteiger partial charge in [-0.3, -0.25) is 4.79 Å². The summed E-state index contributed by atoms with van der Waals surface area (Å²) in [6.45, 7) is 3.14. The van der Waals surface area contributed by atoms with Crippen LogP contribution in [0, 0.1) is 16.7 Å². The first-order valence-corrected chi connectivity index (χ1v) is 10.6. The average Bonchev–Trinajstić information content (AvgIpc) is 3.52. The zero-order valence-corrected chi connectivity index (χ0v) is 17.4. The third kappa shape index (κ3) is 3.30. The first-order valence-electron chi connectivity index (χ1n) is 10.6. The fourth-order valence-electron chi connectivity index (χ4n) is 6.23. The van der Waals surface area contributed by atoms with Crippen molar-refractivity contribution in [3.8, 4) is 0 Å². The summed E-state index contributed by atoms with van der Waals surface area (Å²) in [6.07, 6.45) is 6.15. The SMILES string of the molecule is CC12C(OC(=O)/C=C\C=C/C(=O)O)CC(OC3CC(CO)CCC31COC=O)C21CO1. The summed E-state index contributed by atoms with van der Waals surface area (Å²) in [5.41, 5.74) is -1.85. The molecule has 9 heteroatoms. The summed E-state index contributed by atoms with van der Waals surface area (Å²) >= 11 is 0. The van der Waals surface area contributed by atoms with Crippen LogP contribution in [0.25, 0.3) is 0 Å². The van der Waals surface area contributed by atoms with Crippen LogP contribution < -0.4 is 0 Å². The molecule has 4 rings (SSSR count). The van der Waals surface area contributed by atoms with Crippen molar-refractivity contribution in [2.75, 3.05) is 19.8 Å². The molecule has 0 aromatic rings. The van der Waals surface area contributed by atoms with Gasteiger partial charge in [0.15, 0.2) is 0 Å². The Kier molecular flexibility index (Phi) is 5.70. The van der Waals surface area contributed by atoms with Crippen LogP contribution in [-0.4, -0.2) is 72.4 Å². The highest BCUT2D eigenvalue weighted by Gasteiger charge is 2.83. The minimum Gasteiger partial charge on any atom is -0.478 e. The van der Waals surface area contributed by atoms with Crippen LogP contribution in [0.4, 0.5) is 0 Å². The lowest BCUT2D eigenvalue weighted by molar-refractivity contribution is -0.256. The molecule has 2 N–H and O–H groups in total. The van der Waals surface area contributed by atoms with E-state index >= 15 is 0 Å². The topological polar surface area (TPSA) is 132 Å². The number of epoxide rings is 1. The number of esters is 1. The molecule has 2 aliphatic carbocycles. The lowest BCUT2D eigenvalue weighted by Crippen LogP contribution is -2.67. The number of carboxylic acid groups (broad SMARTS) is 1. The van der Waals surface area contributed by atoms with Gasteiger partial charge in [0, 0.05) is 36.0 Å². The number of carbonyl (C=O) groups is 3. The second-order valence-electron chi connectivity index (χ2n) is 9.10. The van der Waals surface area contributed by atoms with E-state index in [4.69, 9.17) is 24.1 Å². The van der Waals surface area contributed by atoms with Gasteiger partial charge in [0.1, 0.15) is 11.7 Å². The number of aliphatic hydroxyl groups excluding tert-OH is 1. The van der Waals surface area contributed by atoms with Gasteiger partial charge in [0.25, 0.3) is 6.47 Å². The van der Waals surface area contributed by atoms with Crippen LogP contribution in [0.1, 0.15) is 32.6 Å². The van der Waals surface area contributed by atoms with Gasteiger partial charge < -0.3 is 29.2 Å². The largest absolute Gasteiger partial charge is 0.478 e. The maximum absolute atomic E-state index is 12.5. The van der Waals surface area contributed by atoms with Crippen LogP contribution in [0.5, 0.6) is 0 Å². The number of fused-ring (bicyclic) bond motifs is 2. The van der Waals surface area contributed by atoms with Crippen LogP contribution >= 0.6 is 0 Å². The van der Waals surface area contributed by atoms with Gasteiger partial charge >= 0.3 is 11.9 Å². The van der Waals surface area contributed by atoms with E-state index in [1.54, 1.807) is 0 Å². The van der Waals surface area contributed by atoms with E-state index in [1.807, 2.05) is 6.92 Å². The predicted molar refractivity (Wildman–Crippen MR) is 105 cm³/mol. The number of carboxylic acids is 1. The van der Waals surface area contributed by atoms with E-state index in [9.17, 15) is 19.5 Å². The summed E-state index contributed by atoms with van der Waals surface area (Å²) in [6, 6.07) is 0. The quantitative estimate of drug-likeness (QED) is 0.188. The highest BCUT2D eigenvalue weighted by atomic mass is 16.6. The Morgan fingerprint density at radius 2 is 1.94 bits per heavy atom. The standard InChI is InChI=1S/C22H28O9/c1-20-15(31-19(27)5-3-2-4-18(25)26)9-17(22(20)12-29-22)30-16-8-14(10-23)6-7-21(16,20)11-28-13-24/h2-5,13-17,23H,6-12H2,1H3,(H,25,26)/b4-2-,5-3-. The van der Waals surface area contributed by atoms with Crippen molar-refractivity contribution in [1.82, 2.24) is 0 Å². The third-order valence-corrected chi connectivity index (χ3v) is 7.96. The Morgan fingerprint density at radius 3 is 2.58 bits per heavy atom. The third-order valence-electron chi connectivity index (χ3n) is 7.96. The van der Waals surface area contributed by atoms with Gasteiger partial charge in [-0.1, -0.05) is 19.1 Å². The predicted octanol–water partition coefficient (Wildman–Crippen LogP) is 0.993. The lowest BCUT2D eigenvalue weighted by atomic mass is 9.50. The van der Waals surface area contributed by atoms with Gasteiger partial charge in [-0.25, -0.2) is 9.59 Å². The number of hydrogen-bond donors (Lipinski definition) is 2. The number of aliphatic hydroxyl groups is 1. The first kappa shape index (κ1) is 22.0. The van der Waals surface area contributed by atoms with E-state index in [1.165, 1.54) is 18.2 Å². The van der Waals surface area contributed by atoms with E-state index < -0.39 is 34.5 Å². The Labute approximate surface area is 180 Å². The van der Waals surface area contributed by atoms with Crippen molar-refractivity contribution >= 4 is 18.4 Å². The maximum Gasteiger partial charge on any atom is 0.331 e. The second kappa shape index (κ2) is 8.03. The monoisotopic (exact) mass is 436 g/mol. The first-order chi connectivity index (χ1) is 14.8. The number of allylic oxidation sites excluding steroid dienone is 2. The van der Waals surface area contributed by atoms with E-state index in [-0.39, 0.29) is 31.3 Å². The normalized spacial score (nSPS) is 43.2. The lowest BCUT2D eigenvalue weighted by Gasteiger charge is -2.60. The van der Waals surface area contributed by atoms with E-state index in [0.29, 0.717) is 32.3 Å². The Morgan fingerprint density at radius 1 is 1.19 bits per heavy atom. The van der Waals surface area contributed by atoms with Gasteiger partial charge in [0.2, 0.25) is 0 Å². The van der Waals surface area contributed by atoms with Crippen molar-refractivity contribution in [3.63, 3.8) is 0 Å². The molecule has 1 spiro atoms. The fraction of sp³-hybridized carbons (Fsp3) is 0.682. The molecule has 9 nitrogen and oxygen atoms in total. The van der Waals surface area contributed by atoms with Crippen molar-refractivity contribution in [3.05, 3.63) is 24.3 Å². The maximum atomic E-state index is 12.5. The van der Waals surface area contributed by atoms with Crippen molar-refractivity contribution < 1.29 is 43.5 Å². The minimum absolute atomic E-state index is 0.0700. The summed E-state index contributed by atoms with van der Waals surface area (Å²) < 4.78 is 23.6. The van der Waals surface area contributed by atoms with Crippen molar-refractivity contribution in [1.29, 1.82) is 0 Å². The van der Waals surface area contributed by atoms with Gasteiger partial charge in [-0.15, -0.1) is 0 Å². The van der Waals surface area contributed by atoms with Gasteiger partial charge in [-0.2, -0.15) is 0 Å². The molecule has 4 fully saturated rings. The molecule has 170 valence electrons. The van der Waals surface area contributed by atoms with E-state index in [0.717, 1.165) is 12.5 Å². The molecule has 2 aliphatic heterocycles. The molecule has 0 aromatic carbocycles. The zero-order valence-electron chi connectivity index (χ0n) is 17.4. The van der Waals surface area contributed by atoms with Crippen LogP contribution in [-0.2, 0) is 33.3 Å². The highest BCUT2D eigenvalue weighted by molar-refractivity contribution is 5.83. The summed E-state index contributed by atoms with van der Waals surface area (Å²) in [5, 5.41) is 18.3. The molecular weight excluding hydrogens is 408 g/mol. The van der Waals surface area contributed by atoms with Crippen molar-refractivity contribution in [2.24, 2.45) is 16.7 Å². The van der Waals surface area contributed by atoms with Crippen LogP contribution in [0.2, 0.25) is 0 Å². The Bertz CT molecular complexity index is 801. The van der Waals surface area contributed by atoms with Gasteiger partial charge in [-0.05, 0) is 25.2 Å². The smallest absolute Gasteiger partial charge is 0.331 e. The molecule has 2 saturated heterocycles. The molecule has 2 heterocycles. The van der Waals surface area contributed by atoms with Crippen molar-refractivity contribution in [2.45, 2.75) is 56.5 Å². The number of rotatable bonds is 8. The molecule has 31 heavy (non-hydrogen) atoms. The number of hydrogen-bond acceptors (Lipinski definition) is 8. The zero-order chi connectivity index (χ0) is 22.3. The number of carbonyl (C=O) groups excluding carboxylic acids is 2. The molecule has 7 unspecified atom stereocenters. The highest BCUT2D eigenvalue weighted by Crippen LogP contribution is 2.72. The number of aliphatic carboxylic acids is 1. The molecule has 7 atom stereocenters. The molecule has 0 amide bonds. The summed E-state index contributed by atoms with van der Waals surface area (Å²) in [5.74, 6) is -1.59. The molecule has 2 bridgehead atoms. The summed E-state index contributed by atoms with van der Waals surface area (Å²) in [7, 11) is 0.